The van der Waals surface area contributed by atoms with Gasteiger partial charge in [0.05, 0.1) is 11.0 Å². The SMILES string of the molecule is CSCCC(NC(=O)c1nc2ccccc2n(C2C[C@H]3CC[C@@H](C2)N3C2CCCCCCC2)c1=O)C(=O)O. The Morgan fingerprint density at radius 2 is 1.66 bits per heavy atom. The van der Waals surface area contributed by atoms with Gasteiger partial charge in [-0.15, -0.1) is 0 Å². The van der Waals surface area contributed by atoms with Gasteiger partial charge in [0.15, 0.2) is 5.69 Å². The Balaban J connectivity index is 1.44. The molecule has 9 heteroatoms. The Labute approximate surface area is 228 Å². The Kier molecular flexibility index (Phi) is 8.73. The smallest absolute Gasteiger partial charge is 0.326 e. The van der Waals surface area contributed by atoms with E-state index in [1.807, 2.05) is 30.5 Å². The molecular formula is C29H40N4O4S. The summed E-state index contributed by atoms with van der Waals surface area (Å²) >= 11 is 1.52. The summed E-state index contributed by atoms with van der Waals surface area (Å²) < 4.78 is 1.80. The van der Waals surface area contributed by atoms with Crippen LogP contribution in [0, 0.1) is 0 Å². The number of carbonyl (C=O) groups is 2. The fourth-order valence-electron chi connectivity index (χ4n) is 7.11. The van der Waals surface area contributed by atoms with E-state index in [1.54, 1.807) is 4.57 Å². The number of amides is 1. The summed E-state index contributed by atoms with van der Waals surface area (Å²) in [5.74, 6) is -1.22. The van der Waals surface area contributed by atoms with Crippen molar-refractivity contribution in [2.24, 2.45) is 0 Å². The Morgan fingerprint density at radius 1 is 1.00 bits per heavy atom. The summed E-state index contributed by atoms with van der Waals surface area (Å²) in [6, 6.07) is 8.00. The molecule has 2 aliphatic heterocycles. The standard InChI is InChI=1S/C29H40N4O4S/c1-38-16-15-24(29(36)37)31-27(34)26-28(35)33(25-12-8-7-11-23(25)30-26)22-17-20-13-14-21(18-22)32(20)19-9-5-3-2-4-6-10-19/h7-8,11-12,19-22,24H,2-6,9-10,13-18H2,1H3,(H,31,34)(H,36,37)/t20-,21+,22?,24?. The van der Waals surface area contributed by atoms with Crippen LogP contribution in [0.3, 0.4) is 0 Å². The van der Waals surface area contributed by atoms with Gasteiger partial charge in [0, 0.05) is 24.2 Å². The molecule has 38 heavy (non-hydrogen) atoms. The second kappa shape index (κ2) is 12.2. The van der Waals surface area contributed by atoms with Gasteiger partial charge >= 0.3 is 5.97 Å². The number of carboxylic acids is 1. The van der Waals surface area contributed by atoms with Crippen LogP contribution >= 0.6 is 11.8 Å². The Hall–Kier alpha value is -2.39. The fraction of sp³-hybridized carbons (Fsp3) is 0.655. The lowest BCUT2D eigenvalue weighted by Crippen LogP contribution is -2.50. The van der Waals surface area contributed by atoms with Crippen LogP contribution in [0.4, 0.5) is 0 Å². The highest BCUT2D eigenvalue weighted by Gasteiger charge is 2.44. The maximum Gasteiger partial charge on any atom is 0.326 e. The van der Waals surface area contributed by atoms with Gasteiger partial charge in [-0.3, -0.25) is 14.5 Å². The Bertz CT molecular complexity index is 1190. The van der Waals surface area contributed by atoms with E-state index in [4.69, 9.17) is 0 Å². The highest BCUT2D eigenvalue weighted by molar-refractivity contribution is 7.98. The molecule has 1 aromatic carbocycles. The van der Waals surface area contributed by atoms with Crippen molar-refractivity contribution in [3.63, 3.8) is 0 Å². The van der Waals surface area contributed by atoms with Crippen molar-refractivity contribution in [1.29, 1.82) is 0 Å². The van der Waals surface area contributed by atoms with Crippen molar-refractivity contribution < 1.29 is 14.7 Å². The molecule has 2 saturated heterocycles. The molecule has 2 aromatic rings. The number of benzene rings is 1. The van der Waals surface area contributed by atoms with Crippen LogP contribution in [0.2, 0.25) is 0 Å². The van der Waals surface area contributed by atoms with Gasteiger partial charge in [-0.05, 0) is 69.1 Å². The summed E-state index contributed by atoms with van der Waals surface area (Å²) in [5, 5.41) is 12.2. The summed E-state index contributed by atoms with van der Waals surface area (Å²) in [5.41, 5.74) is 0.700. The number of para-hydroxylation sites is 2. The quantitative estimate of drug-likeness (QED) is 0.504. The largest absolute Gasteiger partial charge is 0.480 e. The van der Waals surface area contributed by atoms with Crippen LogP contribution in [-0.2, 0) is 4.79 Å². The zero-order valence-corrected chi connectivity index (χ0v) is 23.1. The van der Waals surface area contributed by atoms with Crippen molar-refractivity contribution >= 4 is 34.7 Å². The molecule has 2 bridgehead atoms. The molecule has 206 valence electrons. The first kappa shape index (κ1) is 27.2. The monoisotopic (exact) mass is 540 g/mol. The number of carboxylic acid groups (broad SMARTS) is 1. The predicted molar refractivity (Wildman–Crippen MR) is 151 cm³/mol. The fourth-order valence-corrected chi connectivity index (χ4v) is 7.58. The first-order valence-corrected chi connectivity index (χ1v) is 15.7. The lowest BCUT2D eigenvalue weighted by atomic mass is 9.89. The summed E-state index contributed by atoms with van der Waals surface area (Å²) in [7, 11) is 0. The third-order valence-corrected chi connectivity index (χ3v) is 9.49. The summed E-state index contributed by atoms with van der Waals surface area (Å²) in [6.45, 7) is 0. The van der Waals surface area contributed by atoms with E-state index >= 15 is 0 Å². The van der Waals surface area contributed by atoms with Crippen LogP contribution in [0.1, 0.15) is 93.6 Å². The molecule has 3 aliphatic rings. The number of nitrogens with one attached hydrogen (secondary N) is 1. The number of hydrogen-bond acceptors (Lipinski definition) is 6. The number of nitrogens with zero attached hydrogens (tertiary/aromatic N) is 3. The molecule has 1 aromatic heterocycles. The maximum atomic E-state index is 13.9. The van der Waals surface area contributed by atoms with Gasteiger partial charge in [-0.1, -0.05) is 44.2 Å². The predicted octanol–water partition coefficient (Wildman–Crippen LogP) is 4.61. The molecule has 2 N–H and O–H groups in total. The molecule has 2 unspecified atom stereocenters. The van der Waals surface area contributed by atoms with E-state index in [9.17, 15) is 19.5 Å². The minimum Gasteiger partial charge on any atom is -0.480 e. The van der Waals surface area contributed by atoms with Crippen molar-refractivity contribution in [1.82, 2.24) is 19.8 Å². The van der Waals surface area contributed by atoms with E-state index in [-0.39, 0.29) is 18.2 Å². The molecule has 0 radical (unpaired) electrons. The van der Waals surface area contributed by atoms with Gasteiger partial charge in [0.2, 0.25) is 0 Å². The van der Waals surface area contributed by atoms with Gasteiger partial charge < -0.3 is 15.0 Å². The number of piperidine rings is 1. The average molecular weight is 541 g/mol. The van der Waals surface area contributed by atoms with Gasteiger partial charge in [0.1, 0.15) is 6.04 Å². The van der Waals surface area contributed by atoms with Crippen LogP contribution in [-0.4, -0.2) is 67.6 Å². The second-order valence-electron chi connectivity index (χ2n) is 11.2. The van der Waals surface area contributed by atoms with Gasteiger partial charge in [0.25, 0.3) is 11.5 Å². The number of aromatic nitrogens is 2. The van der Waals surface area contributed by atoms with E-state index in [2.05, 4.69) is 15.2 Å². The molecule has 1 aliphatic carbocycles. The lowest BCUT2D eigenvalue weighted by molar-refractivity contribution is -0.139. The van der Waals surface area contributed by atoms with Crippen molar-refractivity contribution in [2.45, 2.75) is 107 Å². The molecule has 5 rings (SSSR count). The van der Waals surface area contributed by atoms with Crippen LogP contribution in [0.5, 0.6) is 0 Å². The molecule has 3 fully saturated rings. The van der Waals surface area contributed by atoms with Crippen molar-refractivity contribution in [3.8, 4) is 0 Å². The first-order valence-electron chi connectivity index (χ1n) is 14.3. The Morgan fingerprint density at radius 3 is 2.32 bits per heavy atom. The topological polar surface area (TPSA) is 105 Å². The third kappa shape index (κ3) is 5.64. The zero-order valence-electron chi connectivity index (χ0n) is 22.3. The highest BCUT2D eigenvalue weighted by Crippen LogP contribution is 2.44. The second-order valence-corrected chi connectivity index (χ2v) is 12.2. The van der Waals surface area contributed by atoms with E-state index < -0.39 is 23.5 Å². The molecule has 3 heterocycles. The number of hydrogen-bond donors (Lipinski definition) is 2. The summed E-state index contributed by atoms with van der Waals surface area (Å²) in [6.07, 6.45) is 15.5. The van der Waals surface area contributed by atoms with Crippen LogP contribution < -0.4 is 10.9 Å². The molecule has 4 atom stereocenters. The zero-order chi connectivity index (χ0) is 26.6. The number of fused-ring (bicyclic) bond motifs is 3. The van der Waals surface area contributed by atoms with Crippen LogP contribution in [0.15, 0.2) is 29.1 Å². The van der Waals surface area contributed by atoms with Crippen molar-refractivity contribution in [3.05, 3.63) is 40.3 Å². The normalized spacial score (nSPS) is 25.6. The molecule has 1 amide bonds. The summed E-state index contributed by atoms with van der Waals surface area (Å²) in [4.78, 5) is 46.0. The molecule has 1 saturated carbocycles. The maximum absolute atomic E-state index is 13.9. The number of thioether (sulfide) groups is 1. The minimum absolute atomic E-state index is 0.00369. The average Bonchev–Trinajstić information content (AvgIpc) is 3.14. The van der Waals surface area contributed by atoms with E-state index in [0.29, 0.717) is 29.4 Å². The third-order valence-electron chi connectivity index (χ3n) is 8.85. The molecule has 0 spiro atoms. The number of carbonyl (C=O) groups excluding carboxylic acids is 1. The first-order chi connectivity index (χ1) is 18.5. The lowest BCUT2D eigenvalue weighted by Gasteiger charge is -2.45. The molecular weight excluding hydrogens is 500 g/mol. The van der Waals surface area contributed by atoms with Crippen LogP contribution in [0.25, 0.3) is 11.0 Å². The minimum atomic E-state index is -1.10. The van der Waals surface area contributed by atoms with Crippen molar-refractivity contribution in [2.75, 3.05) is 12.0 Å². The van der Waals surface area contributed by atoms with Gasteiger partial charge in [-0.25, -0.2) is 9.78 Å². The molecule has 8 nitrogen and oxygen atoms in total. The van der Waals surface area contributed by atoms with E-state index in [1.165, 1.54) is 69.5 Å². The van der Waals surface area contributed by atoms with Gasteiger partial charge in [-0.2, -0.15) is 11.8 Å². The number of rotatable bonds is 8. The number of aliphatic carboxylic acids is 1. The highest BCUT2D eigenvalue weighted by atomic mass is 32.2. The van der Waals surface area contributed by atoms with E-state index in [0.717, 1.165) is 18.4 Å².